The third-order valence-electron chi connectivity index (χ3n) is 7.29. The zero-order valence-electron chi connectivity index (χ0n) is 24.3. The van der Waals surface area contributed by atoms with Gasteiger partial charge in [0.25, 0.3) is 11.5 Å². The molecule has 5 rings (SSSR count). The number of ether oxygens (including phenoxy) is 2. The van der Waals surface area contributed by atoms with E-state index in [-0.39, 0.29) is 11.5 Å². The number of furan rings is 1. The fourth-order valence-electron chi connectivity index (χ4n) is 5.18. The maximum atomic E-state index is 14.1. The Labute approximate surface area is 256 Å². The quantitative estimate of drug-likeness (QED) is 0.262. The summed E-state index contributed by atoms with van der Waals surface area (Å²) in [5.41, 5.74) is 2.07. The molecule has 0 spiro atoms. The number of aromatic nitrogens is 1. The van der Waals surface area contributed by atoms with Crippen molar-refractivity contribution in [3.05, 3.63) is 107 Å². The van der Waals surface area contributed by atoms with Crippen molar-refractivity contribution >= 4 is 40.9 Å². The summed E-state index contributed by atoms with van der Waals surface area (Å²) in [7, 11) is 2.86. The topological polar surface area (TPSA) is 103 Å². The van der Waals surface area contributed by atoms with Crippen LogP contribution in [0.15, 0.2) is 80.1 Å². The number of amides is 1. The second-order valence-corrected chi connectivity index (χ2v) is 11.1. The van der Waals surface area contributed by atoms with E-state index in [0.717, 1.165) is 0 Å². The Morgan fingerprint density at radius 2 is 1.86 bits per heavy atom. The Hall–Kier alpha value is -4.41. The summed E-state index contributed by atoms with van der Waals surface area (Å²) >= 11 is 7.40. The predicted octanol–water partition coefficient (Wildman–Crippen LogP) is 4.81. The number of allylic oxidation sites excluding steroid dienone is 1. The van der Waals surface area contributed by atoms with Crippen LogP contribution in [0, 0.1) is 0 Å². The van der Waals surface area contributed by atoms with Crippen LogP contribution in [0.5, 0.6) is 5.75 Å². The molecular weight excluding hydrogens is 590 g/mol. The fourth-order valence-corrected chi connectivity index (χ4v) is 6.37. The molecule has 43 heavy (non-hydrogen) atoms. The average molecular weight is 620 g/mol. The van der Waals surface area contributed by atoms with E-state index in [9.17, 15) is 14.4 Å². The van der Waals surface area contributed by atoms with Gasteiger partial charge in [-0.15, -0.1) is 0 Å². The number of benzene rings is 2. The highest BCUT2D eigenvalue weighted by atomic mass is 35.5. The molecule has 1 aliphatic rings. The molecule has 0 unspecified atom stereocenters. The number of halogens is 1. The van der Waals surface area contributed by atoms with Crippen LogP contribution < -0.4 is 19.6 Å². The van der Waals surface area contributed by atoms with E-state index in [1.807, 2.05) is 38.1 Å². The van der Waals surface area contributed by atoms with Crippen molar-refractivity contribution in [2.75, 3.05) is 27.3 Å². The Morgan fingerprint density at radius 1 is 1.12 bits per heavy atom. The van der Waals surface area contributed by atoms with Crippen LogP contribution in [0.3, 0.4) is 0 Å². The number of hydrogen-bond acceptors (Lipinski definition) is 8. The molecule has 1 amide bonds. The first-order valence-electron chi connectivity index (χ1n) is 13.6. The summed E-state index contributed by atoms with van der Waals surface area (Å²) in [5, 5.41) is 0.427. The molecule has 4 aromatic rings. The van der Waals surface area contributed by atoms with Crippen molar-refractivity contribution in [1.29, 1.82) is 0 Å². The fraction of sp³-hybridized carbons (Fsp3) is 0.250. The van der Waals surface area contributed by atoms with E-state index in [1.165, 1.54) is 18.4 Å². The first-order chi connectivity index (χ1) is 20.7. The molecule has 0 bridgehead atoms. The molecule has 1 aliphatic heterocycles. The molecule has 1 atom stereocenters. The molecule has 0 N–H and O–H groups in total. The number of carbonyl (C=O) groups is 2. The van der Waals surface area contributed by atoms with Crippen LogP contribution in [0.2, 0.25) is 5.02 Å². The van der Waals surface area contributed by atoms with Gasteiger partial charge in [-0.05, 0) is 57.2 Å². The normalized spacial score (nSPS) is 14.7. The molecule has 11 heteroatoms. The van der Waals surface area contributed by atoms with Gasteiger partial charge in [0, 0.05) is 35.3 Å². The molecular formula is C32H30ClN3O6S. The summed E-state index contributed by atoms with van der Waals surface area (Å²) in [5.74, 6) is 0.617. The largest absolute Gasteiger partial charge is 0.496 e. The van der Waals surface area contributed by atoms with Crippen LogP contribution in [-0.2, 0) is 9.53 Å². The van der Waals surface area contributed by atoms with Crippen LogP contribution in [-0.4, -0.2) is 48.7 Å². The van der Waals surface area contributed by atoms with Crippen LogP contribution in [0.1, 0.15) is 48.5 Å². The van der Waals surface area contributed by atoms with Gasteiger partial charge in [-0.2, -0.15) is 0 Å². The van der Waals surface area contributed by atoms with Gasteiger partial charge in [-0.3, -0.25) is 14.2 Å². The van der Waals surface area contributed by atoms with Gasteiger partial charge < -0.3 is 18.8 Å². The highest BCUT2D eigenvalue weighted by Crippen LogP contribution is 2.36. The van der Waals surface area contributed by atoms with Crippen molar-refractivity contribution in [2.24, 2.45) is 4.99 Å². The Bertz CT molecular complexity index is 1930. The lowest BCUT2D eigenvalue weighted by molar-refractivity contribution is -0.127. The van der Waals surface area contributed by atoms with Gasteiger partial charge >= 0.3 is 5.97 Å². The smallest absolute Gasteiger partial charge is 0.338 e. The van der Waals surface area contributed by atoms with Crippen molar-refractivity contribution < 1.29 is 23.5 Å². The predicted molar refractivity (Wildman–Crippen MR) is 165 cm³/mol. The van der Waals surface area contributed by atoms with Crippen molar-refractivity contribution in [1.82, 2.24) is 9.47 Å². The van der Waals surface area contributed by atoms with Gasteiger partial charge in [0.15, 0.2) is 4.80 Å². The lowest BCUT2D eigenvalue weighted by atomic mass is 9.94. The number of para-hydroxylation sites is 1. The highest BCUT2D eigenvalue weighted by molar-refractivity contribution is 7.07. The van der Waals surface area contributed by atoms with Crippen LogP contribution >= 0.6 is 22.9 Å². The minimum absolute atomic E-state index is 0.185. The number of methoxy groups -OCH3 is 2. The van der Waals surface area contributed by atoms with E-state index < -0.39 is 12.0 Å². The highest BCUT2D eigenvalue weighted by Gasteiger charge is 2.35. The number of rotatable bonds is 8. The van der Waals surface area contributed by atoms with Crippen molar-refractivity contribution in [3.8, 4) is 17.1 Å². The minimum atomic E-state index is -0.746. The molecule has 2 aromatic carbocycles. The zero-order chi connectivity index (χ0) is 30.8. The summed E-state index contributed by atoms with van der Waals surface area (Å²) < 4.78 is 18.5. The number of nitrogens with zero attached hydrogens (tertiary/aromatic N) is 3. The standard InChI is InChI=1S/C32H30ClN3O6S/c1-6-35(7-2)30(38)27-18(3)34-32-36(28(27)22-10-8-9-11-24(22)40-4)29(37)26(43-32)17-20-13-15-25(42-20)23-16-19(33)12-14-21(23)31(39)41-5/h8-17,28H,6-7H2,1-5H3/b26-17-/t28-/m1/s1. The van der Waals surface area contributed by atoms with E-state index in [1.54, 1.807) is 59.9 Å². The molecule has 2 aromatic heterocycles. The second-order valence-electron chi connectivity index (χ2n) is 9.68. The van der Waals surface area contributed by atoms with Crippen LogP contribution in [0.25, 0.3) is 17.4 Å². The van der Waals surface area contributed by atoms with E-state index in [4.69, 9.17) is 30.5 Å². The van der Waals surface area contributed by atoms with Gasteiger partial charge in [0.1, 0.15) is 23.3 Å². The van der Waals surface area contributed by atoms with E-state index >= 15 is 0 Å². The molecule has 0 fully saturated rings. The molecule has 0 saturated heterocycles. The summed E-state index contributed by atoms with van der Waals surface area (Å²) in [4.78, 5) is 47.1. The number of fused-ring (bicyclic) bond motifs is 1. The zero-order valence-corrected chi connectivity index (χ0v) is 25.9. The summed E-state index contributed by atoms with van der Waals surface area (Å²) in [6.07, 6.45) is 1.63. The third-order valence-corrected chi connectivity index (χ3v) is 8.51. The Balaban J connectivity index is 1.67. The monoisotopic (exact) mass is 619 g/mol. The Kier molecular flexibility index (Phi) is 8.70. The summed E-state index contributed by atoms with van der Waals surface area (Å²) in [6, 6.07) is 14.8. The first kappa shape index (κ1) is 30.1. The lowest BCUT2D eigenvalue weighted by Crippen LogP contribution is -2.43. The van der Waals surface area contributed by atoms with Crippen LogP contribution in [0.4, 0.5) is 0 Å². The van der Waals surface area contributed by atoms with Gasteiger partial charge in [-0.1, -0.05) is 41.1 Å². The summed E-state index contributed by atoms with van der Waals surface area (Å²) in [6.45, 7) is 6.65. The molecule has 3 heterocycles. The average Bonchev–Trinajstić information content (AvgIpc) is 3.60. The molecule has 9 nitrogen and oxygen atoms in total. The third kappa shape index (κ3) is 5.55. The number of thiazole rings is 1. The SMILES string of the molecule is CCN(CC)C(=O)C1=C(C)N=c2s/c(=C\c3ccc(-c4cc(Cl)ccc4C(=O)OC)o3)c(=O)n2[C@@H]1c1ccccc1OC. The van der Waals surface area contributed by atoms with E-state index in [2.05, 4.69) is 0 Å². The van der Waals surface area contributed by atoms with Crippen molar-refractivity contribution in [2.45, 2.75) is 26.8 Å². The van der Waals surface area contributed by atoms with Gasteiger partial charge in [0.05, 0.1) is 35.6 Å². The minimum Gasteiger partial charge on any atom is -0.496 e. The lowest BCUT2D eigenvalue weighted by Gasteiger charge is -2.29. The Morgan fingerprint density at radius 3 is 2.56 bits per heavy atom. The number of esters is 1. The van der Waals surface area contributed by atoms with Gasteiger partial charge in [-0.25, -0.2) is 9.79 Å². The number of carbonyl (C=O) groups excluding carboxylic acids is 2. The molecule has 222 valence electrons. The first-order valence-corrected chi connectivity index (χ1v) is 14.8. The maximum Gasteiger partial charge on any atom is 0.338 e. The number of likely N-dealkylation sites (N-methyl/N-ethyl adjacent to an activating group) is 1. The maximum absolute atomic E-state index is 14.1. The second kappa shape index (κ2) is 12.4. The molecule has 0 aliphatic carbocycles. The van der Waals surface area contributed by atoms with E-state index in [0.29, 0.717) is 72.7 Å². The van der Waals surface area contributed by atoms with Crippen molar-refractivity contribution in [3.63, 3.8) is 0 Å². The molecule has 0 saturated carbocycles. The molecule has 0 radical (unpaired) electrons. The number of hydrogen-bond donors (Lipinski definition) is 0. The van der Waals surface area contributed by atoms with Gasteiger partial charge in [0.2, 0.25) is 0 Å².